The van der Waals surface area contributed by atoms with Crippen LogP contribution >= 0.6 is 11.6 Å². The van der Waals surface area contributed by atoms with Gasteiger partial charge in [-0.15, -0.1) is 0 Å². The molecule has 1 fully saturated rings. The first-order valence-corrected chi connectivity index (χ1v) is 14.2. The molecule has 0 saturated carbocycles. The van der Waals surface area contributed by atoms with E-state index in [-0.39, 0.29) is 24.4 Å². The molecule has 0 spiro atoms. The zero-order valence-electron chi connectivity index (χ0n) is 23.1. The molecule has 1 aromatic heterocycles. The summed E-state index contributed by atoms with van der Waals surface area (Å²) in [5.41, 5.74) is 3.24. The average Bonchev–Trinajstić information content (AvgIpc) is 3.27. The Balaban J connectivity index is 1.27. The van der Waals surface area contributed by atoms with Gasteiger partial charge < -0.3 is 30.1 Å². The minimum Gasteiger partial charge on any atom is -0.494 e. The molecule has 3 N–H and O–H groups in total. The van der Waals surface area contributed by atoms with E-state index in [1.54, 1.807) is 25.3 Å². The molecule has 1 saturated heterocycles. The lowest BCUT2D eigenvalue weighted by molar-refractivity contribution is -0.123. The maximum atomic E-state index is 13.3. The van der Waals surface area contributed by atoms with Crippen LogP contribution in [0.4, 0.5) is 5.95 Å². The van der Waals surface area contributed by atoms with Gasteiger partial charge in [0.2, 0.25) is 11.9 Å². The quantitative estimate of drug-likeness (QED) is 0.329. The lowest BCUT2D eigenvalue weighted by Crippen LogP contribution is -2.41. The maximum Gasteiger partial charge on any atom is 0.254 e. The first kappa shape index (κ1) is 28.8. The Morgan fingerprint density at radius 2 is 2.05 bits per heavy atom. The van der Waals surface area contributed by atoms with Crippen molar-refractivity contribution in [3.8, 4) is 17.0 Å². The Labute approximate surface area is 244 Å². The number of rotatable bonds is 10. The fraction of sp³-hybridized carbons (Fsp3) is 0.400. The highest BCUT2D eigenvalue weighted by Crippen LogP contribution is 2.32. The topological polar surface area (TPSA) is 126 Å². The highest BCUT2D eigenvalue weighted by Gasteiger charge is 2.31. The first-order valence-electron chi connectivity index (χ1n) is 13.8. The predicted octanol–water partition coefficient (Wildman–Crippen LogP) is 3.98. The Morgan fingerprint density at radius 1 is 1.24 bits per heavy atom. The number of benzene rings is 2. The third-order valence-electron chi connectivity index (χ3n) is 7.22. The molecule has 0 bridgehead atoms. The summed E-state index contributed by atoms with van der Waals surface area (Å²) in [6.07, 6.45) is 2.44. The summed E-state index contributed by atoms with van der Waals surface area (Å²) in [5.74, 6) is 0.499. The minimum absolute atomic E-state index is 0.148. The van der Waals surface area contributed by atoms with Crippen molar-refractivity contribution in [3.63, 3.8) is 0 Å². The number of amides is 2. The molecule has 3 heterocycles. The zero-order chi connectivity index (χ0) is 28.9. The van der Waals surface area contributed by atoms with E-state index in [2.05, 4.69) is 20.6 Å². The van der Waals surface area contributed by atoms with E-state index >= 15 is 0 Å². The van der Waals surface area contributed by atoms with Crippen LogP contribution in [0.3, 0.4) is 0 Å². The van der Waals surface area contributed by atoms with Gasteiger partial charge in [0.05, 0.1) is 35.7 Å². The highest BCUT2D eigenvalue weighted by atomic mass is 35.5. The third-order valence-corrected chi connectivity index (χ3v) is 7.50. The maximum absolute atomic E-state index is 13.3. The molecule has 2 atom stereocenters. The average molecular weight is 580 g/mol. The second-order valence-corrected chi connectivity index (χ2v) is 10.7. The van der Waals surface area contributed by atoms with Crippen molar-refractivity contribution in [1.82, 2.24) is 20.2 Å². The molecule has 11 heteroatoms. The largest absolute Gasteiger partial charge is 0.494 e. The molecule has 3 aromatic rings. The lowest BCUT2D eigenvalue weighted by Gasteiger charge is -2.24. The van der Waals surface area contributed by atoms with Gasteiger partial charge >= 0.3 is 0 Å². The number of hydrogen-bond donors (Lipinski definition) is 3. The number of anilines is 1. The fourth-order valence-corrected chi connectivity index (χ4v) is 5.34. The number of nitrogens with one attached hydrogen (secondary N) is 2. The normalized spacial score (nSPS) is 16.7. The number of aliphatic hydroxyl groups excluding tert-OH is 1. The van der Waals surface area contributed by atoms with Gasteiger partial charge in [-0.1, -0.05) is 35.9 Å². The van der Waals surface area contributed by atoms with Gasteiger partial charge in [0, 0.05) is 36.9 Å². The van der Waals surface area contributed by atoms with Gasteiger partial charge in [-0.2, -0.15) is 0 Å². The number of halogens is 1. The smallest absolute Gasteiger partial charge is 0.254 e. The summed E-state index contributed by atoms with van der Waals surface area (Å²) in [6.45, 7) is 5.55. The molecule has 216 valence electrons. The number of carbonyl (C=O) groups excluding carboxylic acids is 2. The van der Waals surface area contributed by atoms with Crippen molar-refractivity contribution in [1.29, 1.82) is 0 Å². The molecule has 1 unspecified atom stereocenters. The van der Waals surface area contributed by atoms with Crippen LogP contribution in [0.2, 0.25) is 5.02 Å². The molecule has 2 aromatic carbocycles. The van der Waals surface area contributed by atoms with Crippen LogP contribution in [0.1, 0.15) is 54.2 Å². The predicted molar refractivity (Wildman–Crippen MR) is 155 cm³/mol. The van der Waals surface area contributed by atoms with Crippen molar-refractivity contribution in [3.05, 3.63) is 70.4 Å². The van der Waals surface area contributed by atoms with Crippen LogP contribution in [0, 0.1) is 0 Å². The molecular formula is C30H34ClN5O5. The van der Waals surface area contributed by atoms with Crippen molar-refractivity contribution < 1.29 is 24.2 Å². The molecule has 2 amide bonds. The SMILES string of the molecule is CCOc1cccc(C(NC(=O)CN2Cc3ccc(-c4nc(NC5CCOCC5)ncc4Cl)cc3C2=O)[C@H](C)O)c1. The van der Waals surface area contributed by atoms with Crippen LogP contribution in [0.15, 0.2) is 48.7 Å². The van der Waals surface area contributed by atoms with E-state index in [9.17, 15) is 14.7 Å². The molecule has 0 radical (unpaired) electrons. The number of aromatic nitrogens is 2. The minimum atomic E-state index is -0.853. The van der Waals surface area contributed by atoms with E-state index in [1.165, 1.54) is 4.90 Å². The molecule has 2 aliphatic heterocycles. The van der Waals surface area contributed by atoms with Gasteiger partial charge in [-0.05, 0) is 56.0 Å². The third kappa shape index (κ3) is 6.78. The molecular weight excluding hydrogens is 546 g/mol. The Hall–Kier alpha value is -3.73. The number of nitrogens with zero attached hydrogens (tertiary/aromatic N) is 3. The Morgan fingerprint density at radius 3 is 2.80 bits per heavy atom. The van der Waals surface area contributed by atoms with Gasteiger partial charge in [-0.3, -0.25) is 9.59 Å². The molecule has 10 nitrogen and oxygen atoms in total. The second-order valence-electron chi connectivity index (χ2n) is 10.2. The standard InChI is InChI=1S/C30H34ClN5O5/c1-3-41-23-6-4-5-19(13-23)27(18(2)37)34-26(38)17-36-16-21-8-7-20(14-24(21)29(36)39)28-25(31)15-32-30(35-28)33-22-9-11-40-12-10-22/h4-8,13-15,18,22,27,37H,3,9-12,16-17H2,1-2H3,(H,34,38)(H,32,33,35)/t18-,27?/m0/s1. The summed E-state index contributed by atoms with van der Waals surface area (Å²) in [6, 6.07) is 12.3. The van der Waals surface area contributed by atoms with Crippen LogP contribution < -0.4 is 15.4 Å². The van der Waals surface area contributed by atoms with Crippen LogP contribution in [-0.2, 0) is 16.1 Å². The number of hydrogen-bond acceptors (Lipinski definition) is 8. The summed E-state index contributed by atoms with van der Waals surface area (Å²) < 4.78 is 11.0. The summed E-state index contributed by atoms with van der Waals surface area (Å²) in [7, 11) is 0. The van der Waals surface area contributed by atoms with Gasteiger partial charge in [-0.25, -0.2) is 9.97 Å². The number of fused-ring (bicyclic) bond motifs is 1. The van der Waals surface area contributed by atoms with Gasteiger partial charge in [0.25, 0.3) is 5.91 Å². The van der Waals surface area contributed by atoms with Crippen molar-refractivity contribution in [2.24, 2.45) is 0 Å². The van der Waals surface area contributed by atoms with Crippen LogP contribution in [0.5, 0.6) is 5.75 Å². The van der Waals surface area contributed by atoms with Crippen molar-refractivity contribution in [2.75, 3.05) is 31.7 Å². The van der Waals surface area contributed by atoms with E-state index in [1.807, 2.05) is 37.3 Å². The second kappa shape index (κ2) is 12.8. The molecule has 5 rings (SSSR count). The molecule has 2 aliphatic rings. The monoisotopic (exact) mass is 579 g/mol. The molecule has 41 heavy (non-hydrogen) atoms. The zero-order valence-corrected chi connectivity index (χ0v) is 23.9. The van der Waals surface area contributed by atoms with Gasteiger partial charge in [0.1, 0.15) is 12.3 Å². The summed E-state index contributed by atoms with van der Waals surface area (Å²) >= 11 is 6.46. The number of ether oxygens (including phenoxy) is 2. The van der Waals surface area contributed by atoms with Crippen LogP contribution in [0.25, 0.3) is 11.3 Å². The Bertz CT molecular complexity index is 1410. The fourth-order valence-electron chi connectivity index (χ4n) is 5.14. The number of aliphatic hydroxyl groups is 1. The Kier molecular flexibility index (Phi) is 9.02. The molecule has 0 aliphatic carbocycles. The van der Waals surface area contributed by atoms with Crippen LogP contribution in [-0.4, -0.2) is 70.3 Å². The van der Waals surface area contributed by atoms with Crippen molar-refractivity contribution in [2.45, 2.75) is 51.4 Å². The number of carbonyl (C=O) groups is 2. The lowest BCUT2D eigenvalue weighted by atomic mass is 10.0. The first-order chi connectivity index (χ1) is 19.8. The summed E-state index contributed by atoms with van der Waals surface area (Å²) in [4.78, 5) is 36.8. The highest BCUT2D eigenvalue weighted by molar-refractivity contribution is 6.33. The van der Waals surface area contributed by atoms with E-state index in [4.69, 9.17) is 21.1 Å². The summed E-state index contributed by atoms with van der Waals surface area (Å²) in [5, 5.41) is 17.0. The van der Waals surface area contributed by atoms with Crippen molar-refractivity contribution >= 4 is 29.4 Å². The van der Waals surface area contributed by atoms with E-state index in [0.29, 0.717) is 65.5 Å². The van der Waals surface area contributed by atoms with Gasteiger partial charge in [0.15, 0.2) is 0 Å². The van der Waals surface area contributed by atoms with E-state index in [0.717, 1.165) is 18.4 Å². The van der Waals surface area contributed by atoms with E-state index < -0.39 is 12.1 Å².